The average molecular weight is 281 g/mol. The Labute approximate surface area is 121 Å². The zero-order valence-electron chi connectivity index (χ0n) is 12.2. The molecule has 1 heterocycles. The topological polar surface area (TPSA) is 29.3 Å². The van der Waals surface area contributed by atoms with Crippen molar-refractivity contribution in [3.63, 3.8) is 0 Å². The van der Waals surface area contributed by atoms with E-state index < -0.39 is 0 Å². The quantitative estimate of drug-likeness (QED) is 0.903. The van der Waals surface area contributed by atoms with Crippen LogP contribution >= 0.6 is 11.6 Å². The minimum absolute atomic E-state index is 0.149. The second-order valence-electron chi connectivity index (χ2n) is 6.18. The Morgan fingerprint density at radius 2 is 2.16 bits per heavy atom. The Kier molecular flexibility index (Phi) is 4.54. The fourth-order valence-corrected chi connectivity index (χ4v) is 3.41. The van der Waals surface area contributed by atoms with Crippen LogP contribution in [0.2, 0.25) is 5.02 Å². The molecule has 19 heavy (non-hydrogen) atoms. The van der Waals surface area contributed by atoms with Gasteiger partial charge in [0.15, 0.2) is 0 Å². The van der Waals surface area contributed by atoms with E-state index in [0.29, 0.717) is 0 Å². The highest BCUT2D eigenvalue weighted by molar-refractivity contribution is 6.30. The molecule has 0 bridgehead atoms. The van der Waals surface area contributed by atoms with Crippen molar-refractivity contribution in [1.82, 2.24) is 4.90 Å². The summed E-state index contributed by atoms with van der Waals surface area (Å²) >= 11 is 6.16. The number of nitrogens with two attached hydrogens (primary N) is 1. The van der Waals surface area contributed by atoms with Gasteiger partial charge in [0, 0.05) is 16.6 Å². The number of hydrogen-bond donors (Lipinski definition) is 1. The summed E-state index contributed by atoms with van der Waals surface area (Å²) < 4.78 is 0. The van der Waals surface area contributed by atoms with Crippen LogP contribution in [-0.2, 0) is 0 Å². The van der Waals surface area contributed by atoms with Crippen molar-refractivity contribution >= 4 is 11.6 Å². The van der Waals surface area contributed by atoms with Gasteiger partial charge in [-0.05, 0) is 57.4 Å². The second-order valence-corrected chi connectivity index (χ2v) is 6.62. The van der Waals surface area contributed by atoms with Crippen LogP contribution in [0.5, 0.6) is 0 Å². The predicted octanol–water partition coefficient (Wildman–Crippen LogP) is 3.99. The van der Waals surface area contributed by atoms with Gasteiger partial charge in [-0.25, -0.2) is 0 Å². The first-order valence-electron chi connectivity index (χ1n) is 7.23. The Bertz CT molecular complexity index is 431. The third kappa shape index (κ3) is 3.13. The van der Waals surface area contributed by atoms with Gasteiger partial charge in [-0.3, -0.25) is 4.90 Å². The van der Waals surface area contributed by atoms with Gasteiger partial charge in [0.1, 0.15) is 0 Å². The largest absolute Gasteiger partial charge is 0.326 e. The molecule has 1 aromatic carbocycles. The summed E-state index contributed by atoms with van der Waals surface area (Å²) in [5.41, 5.74) is 7.88. The minimum Gasteiger partial charge on any atom is -0.326 e. The van der Waals surface area contributed by atoms with Crippen LogP contribution in [0.25, 0.3) is 0 Å². The molecular formula is C16H25ClN2. The zero-order chi connectivity index (χ0) is 14.0. The van der Waals surface area contributed by atoms with E-state index in [1.807, 2.05) is 12.1 Å². The second kappa shape index (κ2) is 5.82. The smallest absolute Gasteiger partial charge is 0.0504 e. The molecule has 1 aliphatic rings. The van der Waals surface area contributed by atoms with E-state index in [1.54, 1.807) is 0 Å². The van der Waals surface area contributed by atoms with Gasteiger partial charge in [0.25, 0.3) is 0 Å². The molecule has 1 saturated heterocycles. The Hall–Kier alpha value is -0.570. The molecule has 106 valence electrons. The standard InChI is InChI=1S/C16H25ClN2/c1-4-14(18)15(12-7-5-8-13(17)11-12)19-10-6-9-16(19,2)3/h5,7-8,11,14-15H,4,6,9-10,18H2,1-3H3. The Morgan fingerprint density at radius 1 is 1.42 bits per heavy atom. The molecule has 2 N–H and O–H groups in total. The van der Waals surface area contributed by atoms with Gasteiger partial charge < -0.3 is 5.73 Å². The minimum atomic E-state index is 0.149. The Balaban J connectivity index is 2.36. The SMILES string of the molecule is CCC(N)C(c1cccc(Cl)c1)N1CCCC1(C)C. The summed E-state index contributed by atoms with van der Waals surface area (Å²) in [6.07, 6.45) is 3.46. The van der Waals surface area contributed by atoms with Crippen molar-refractivity contribution < 1.29 is 0 Å². The summed E-state index contributed by atoms with van der Waals surface area (Å²) in [7, 11) is 0. The lowest BCUT2D eigenvalue weighted by Gasteiger charge is -2.41. The number of nitrogens with zero attached hydrogens (tertiary/aromatic N) is 1. The van der Waals surface area contributed by atoms with Crippen molar-refractivity contribution in [3.8, 4) is 0 Å². The van der Waals surface area contributed by atoms with Crippen LogP contribution in [0, 0.1) is 0 Å². The van der Waals surface area contributed by atoms with E-state index in [1.165, 1.54) is 18.4 Å². The third-order valence-electron chi connectivity index (χ3n) is 4.37. The number of rotatable bonds is 4. The molecule has 0 amide bonds. The molecule has 2 rings (SSSR count). The summed E-state index contributed by atoms with van der Waals surface area (Å²) in [5.74, 6) is 0. The summed E-state index contributed by atoms with van der Waals surface area (Å²) in [4.78, 5) is 2.56. The molecule has 0 aliphatic carbocycles. The molecule has 2 atom stereocenters. The summed E-state index contributed by atoms with van der Waals surface area (Å²) in [5, 5.41) is 0.794. The lowest BCUT2D eigenvalue weighted by atomic mass is 9.92. The van der Waals surface area contributed by atoms with Crippen LogP contribution in [0.1, 0.15) is 51.6 Å². The van der Waals surface area contributed by atoms with Crippen molar-refractivity contribution in [1.29, 1.82) is 0 Å². The van der Waals surface area contributed by atoms with E-state index in [2.05, 4.69) is 37.8 Å². The molecule has 0 spiro atoms. The third-order valence-corrected chi connectivity index (χ3v) is 4.60. The van der Waals surface area contributed by atoms with Gasteiger partial charge in [0.05, 0.1) is 6.04 Å². The maximum Gasteiger partial charge on any atom is 0.0504 e. The van der Waals surface area contributed by atoms with E-state index in [9.17, 15) is 0 Å². The summed E-state index contributed by atoms with van der Waals surface area (Å²) in [6.45, 7) is 7.92. The van der Waals surface area contributed by atoms with Crippen molar-refractivity contribution in [3.05, 3.63) is 34.9 Å². The van der Waals surface area contributed by atoms with Crippen molar-refractivity contribution in [2.45, 2.75) is 57.7 Å². The van der Waals surface area contributed by atoms with Crippen molar-refractivity contribution in [2.75, 3.05) is 6.54 Å². The van der Waals surface area contributed by atoms with Gasteiger partial charge in [0.2, 0.25) is 0 Å². The molecule has 0 radical (unpaired) electrons. The monoisotopic (exact) mass is 280 g/mol. The van der Waals surface area contributed by atoms with Crippen LogP contribution < -0.4 is 5.73 Å². The highest BCUT2D eigenvalue weighted by Gasteiger charge is 2.39. The number of likely N-dealkylation sites (tertiary alicyclic amines) is 1. The lowest BCUT2D eigenvalue weighted by Crippen LogP contribution is -2.47. The molecule has 0 aromatic heterocycles. The van der Waals surface area contributed by atoms with Gasteiger partial charge in [-0.1, -0.05) is 30.7 Å². The molecule has 2 unspecified atom stereocenters. The molecule has 2 nitrogen and oxygen atoms in total. The first-order valence-corrected chi connectivity index (χ1v) is 7.61. The van der Waals surface area contributed by atoms with Crippen LogP contribution in [-0.4, -0.2) is 23.0 Å². The predicted molar refractivity (Wildman–Crippen MR) is 82.5 cm³/mol. The van der Waals surface area contributed by atoms with Crippen LogP contribution in [0.3, 0.4) is 0 Å². The normalized spacial score (nSPS) is 22.4. The van der Waals surface area contributed by atoms with Gasteiger partial charge in [-0.2, -0.15) is 0 Å². The van der Waals surface area contributed by atoms with Gasteiger partial charge in [-0.15, -0.1) is 0 Å². The summed E-state index contributed by atoms with van der Waals surface area (Å²) in [6, 6.07) is 8.58. The van der Waals surface area contributed by atoms with Crippen LogP contribution in [0.15, 0.2) is 24.3 Å². The first-order chi connectivity index (χ1) is 8.95. The maximum absolute atomic E-state index is 6.42. The van der Waals surface area contributed by atoms with E-state index >= 15 is 0 Å². The van der Waals surface area contributed by atoms with E-state index in [4.69, 9.17) is 17.3 Å². The zero-order valence-corrected chi connectivity index (χ0v) is 13.0. The van der Waals surface area contributed by atoms with Crippen molar-refractivity contribution in [2.24, 2.45) is 5.73 Å². The Morgan fingerprint density at radius 3 is 2.68 bits per heavy atom. The fourth-order valence-electron chi connectivity index (χ4n) is 3.22. The number of halogens is 1. The first kappa shape index (κ1) is 14.8. The number of benzene rings is 1. The van der Waals surface area contributed by atoms with Crippen LogP contribution in [0.4, 0.5) is 0 Å². The molecule has 3 heteroatoms. The van der Waals surface area contributed by atoms with E-state index in [-0.39, 0.29) is 17.6 Å². The molecule has 1 fully saturated rings. The lowest BCUT2D eigenvalue weighted by molar-refractivity contribution is 0.0965. The van der Waals surface area contributed by atoms with E-state index in [0.717, 1.165) is 18.0 Å². The highest BCUT2D eigenvalue weighted by Crippen LogP contribution is 2.38. The molecule has 1 aliphatic heterocycles. The van der Waals surface area contributed by atoms with Gasteiger partial charge >= 0.3 is 0 Å². The molecular weight excluding hydrogens is 256 g/mol. The number of hydrogen-bond acceptors (Lipinski definition) is 2. The average Bonchev–Trinajstić information content (AvgIpc) is 2.70. The maximum atomic E-state index is 6.42. The fraction of sp³-hybridized carbons (Fsp3) is 0.625. The molecule has 0 saturated carbocycles. The molecule has 1 aromatic rings. The highest BCUT2D eigenvalue weighted by atomic mass is 35.5.